The van der Waals surface area contributed by atoms with Gasteiger partial charge in [-0.2, -0.15) is 11.3 Å². The number of nitrogens with one attached hydrogen (secondary N) is 1. The molecule has 5 nitrogen and oxygen atoms in total. The summed E-state index contributed by atoms with van der Waals surface area (Å²) in [4.78, 5) is 12.3. The van der Waals surface area contributed by atoms with Crippen LogP contribution in [-0.4, -0.2) is 16.1 Å². The summed E-state index contributed by atoms with van der Waals surface area (Å²) >= 11 is 1.54. The first-order chi connectivity index (χ1) is 11.3. The largest absolute Gasteiger partial charge is 0.403 e. The van der Waals surface area contributed by atoms with Gasteiger partial charge in [-0.25, -0.2) is 0 Å². The van der Waals surface area contributed by atoms with E-state index >= 15 is 0 Å². The van der Waals surface area contributed by atoms with Gasteiger partial charge in [-0.1, -0.05) is 35.4 Å². The number of nitrogens with zero attached hydrogens (tertiary/aromatic N) is 2. The minimum atomic E-state index is -0.281. The Bertz CT molecular complexity index is 976. The summed E-state index contributed by atoms with van der Waals surface area (Å²) in [6.45, 7) is 0. The molecule has 0 spiro atoms. The van der Waals surface area contributed by atoms with Crippen LogP contribution in [0.1, 0.15) is 10.4 Å². The van der Waals surface area contributed by atoms with Crippen LogP contribution in [0, 0.1) is 0 Å². The van der Waals surface area contributed by atoms with E-state index in [2.05, 4.69) is 15.5 Å². The smallest absolute Gasteiger partial charge is 0.322 e. The predicted molar refractivity (Wildman–Crippen MR) is 89.5 cm³/mol. The number of rotatable bonds is 3. The van der Waals surface area contributed by atoms with Crippen LogP contribution in [0.4, 0.5) is 6.01 Å². The monoisotopic (exact) mass is 321 g/mol. The van der Waals surface area contributed by atoms with Gasteiger partial charge in [0.15, 0.2) is 0 Å². The van der Waals surface area contributed by atoms with Gasteiger partial charge in [-0.3, -0.25) is 10.1 Å². The summed E-state index contributed by atoms with van der Waals surface area (Å²) in [5.74, 6) is 0.108. The van der Waals surface area contributed by atoms with Gasteiger partial charge in [0.05, 0.1) is 0 Å². The molecule has 0 radical (unpaired) electrons. The summed E-state index contributed by atoms with van der Waals surface area (Å²) in [5, 5.41) is 16.3. The van der Waals surface area contributed by atoms with Gasteiger partial charge in [0, 0.05) is 16.5 Å². The van der Waals surface area contributed by atoms with Crippen molar-refractivity contribution in [3.05, 3.63) is 64.9 Å². The fourth-order valence-electron chi connectivity index (χ4n) is 2.28. The molecule has 112 valence electrons. The molecule has 0 aliphatic rings. The van der Waals surface area contributed by atoms with Crippen LogP contribution in [0.3, 0.4) is 0 Å². The summed E-state index contributed by atoms with van der Waals surface area (Å²) in [6, 6.07) is 15.4. The van der Waals surface area contributed by atoms with Crippen LogP contribution < -0.4 is 5.32 Å². The van der Waals surface area contributed by atoms with Gasteiger partial charge < -0.3 is 4.42 Å². The topological polar surface area (TPSA) is 68.0 Å². The van der Waals surface area contributed by atoms with Crippen molar-refractivity contribution in [2.75, 3.05) is 5.32 Å². The molecule has 0 bridgehead atoms. The van der Waals surface area contributed by atoms with Crippen molar-refractivity contribution in [3.8, 4) is 11.5 Å². The lowest BCUT2D eigenvalue weighted by molar-refractivity contribution is 0.102. The van der Waals surface area contributed by atoms with Crippen LogP contribution >= 0.6 is 11.3 Å². The van der Waals surface area contributed by atoms with E-state index in [0.29, 0.717) is 11.5 Å². The van der Waals surface area contributed by atoms with E-state index in [9.17, 15) is 4.79 Å². The molecule has 4 aromatic rings. The van der Waals surface area contributed by atoms with E-state index in [-0.39, 0.29) is 11.9 Å². The second-order valence-corrected chi connectivity index (χ2v) is 5.72. The molecular weight excluding hydrogens is 310 g/mol. The highest BCUT2D eigenvalue weighted by Crippen LogP contribution is 2.22. The third-order valence-corrected chi connectivity index (χ3v) is 4.11. The first kappa shape index (κ1) is 13.7. The highest BCUT2D eigenvalue weighted by molar-refractivity contribution is 7.08. The molecule has 0 saturated carbocycles. The molecule has 6 heteroatoms. The number of carbonyl (C=O) groups excluding carboxylic acids is 1. The second kappa shape index (κ2) is 5.66. The first-order valence-electron chi connectivity index (χ1n) is 6.96. The van der Waals surface area contributed by atoms with Crippen molar-refractivity contribution in [1.29, 1.82) is 0 Å². The number of carbonyl (C=O) groups is 1. The Morgan fingerprint density at radius 1 is 1.04 bits per heavy atom. The van der Waals surface area contributed by atoms with E-state index in [1.165, 1.54) is 0 Å². The highest BCUT2D eigenvalue weighted by Gasteiger charge is 2.13. The molecular formula is C17H11N3O2S. The number of amides is 1. The van der Waals surface area contributed by atoms with Crippen LogP contribution in [-0.2, 0) is 0 Å². The van der Waals surface area contributed by atoms with E-state index in [0.717, 1.165) is 16.3 Å². The average molecular weight is 321 g/mol. The maximum absolute atomic E-state index is 12.3. The third kappa shape index (κ3) is 2.72. The minimum absolute atomic E-state index is 0.0874. The lowest BCUT2D eigenvalue weighted by atomic mass is 10.1. The van der Waals surface area contributed by atoms with Crippen LogP contribution in [0.2, 0.25) is 0 Å². The molecule has 0 aliphatic heterocycles. The van der Waals surface area contributed by atoms with E-state index < -0.39 is 0 Å². The Morgan fingerprint density at radius 3 is 2.74 bits per heavy atom. The van der Waals surface area contributed by atoms with Gasteiger partial charge >= 0.3 is 6.01 Å². The van der Waals surface area contributed by atoms with E-state index in [1.807, 2.05) is 53.2 Å². The SMILES string of the molecule is O=C(Nc1nnc(-c2ccsc2)o1)c1ccc2ccccc2c1. The molecule has 2 aromatic carbocycles. The molecule has 23 heavy (non-hydrogen) atoms. The standard InChI is InChI=1S/C17H11N3O2S/c21-15(13-6-5-11-3-1-2-4-12(11)9-13)18-17-20-19-16(22-17)14-7-8-23-10-14/h1-10H,(H,18,20,21). The van der Waals surface area contributed by atoms with Crippen LogP contribution in [0.15, 0.2) is 63.7 Å². The number of benzene rings is 2. The molecule has 4 rings (SSSR count). The molecule has 0 saturated heterocycles. The second-order valence-electron chi connectivity index (χ2n) is 4.94. The fourth-order valence-corrected chi connectivity index (χ4v) is 2.91. The number of thiophene rings is 1. The molecule has 0 atom stereocenters. The zero-order chi connectivity index (χ0) is 15.6. The molecule has 0 unspecified atom stereocenters. The summed E-state index contributed by atoms with van der Waals surface area (Å²) in [7, 11) is 0. The molecule has 0 aliphatic carbocycles. The lowest BCUT2D eigenvalue weighted by Gasteiger charge is -2.02. The van der Waals surface area contributed by atoms with Gasteiger partial charge in [-0.05, 0) is 34.4 Å². The summed E-state index contributed by atoms with van der Waals surface area (Å²) < 4.78 is 5.46. The highest BCUT2D eigenvalue weighted by atomic mass is 32.1. The summed E-state index contributed by atoms with van der Waals surface area (Å²) in [5.41, 5.74) is 1.38. The van der Waals surface area contributed by atoms with Crippen molar-refractivity contribution in [1.82, 2.24) is 10.2 Å². The van der Waals surface area contributed by atoms with Gasteiger partial charge in [-0.15, -0.1) is 5.10 Å². The molecule has 0 fully saturated rings. The van der Waals surface area contributed by atoms with E-state index in [4.69, 9.17) is 4.42 Å². The number of aromatic nitrogens is 2. The molecule has 1 amide bonds. The van der Waals surface area contributed by atoms with Crippen LogP contribution in [0.5, 0.6) is 0 Å². The fraction of sp³-hybridized carbons (Fsp3) is 0. The maximum Gasteiger partial charge on any atom is 0.322 e. The quantitative estimate of drug-likeness (QED) is 0.614. The van der Waals surface area contributed by atoms with Crippen molar-refractivity contribution < 1.29 is 9.21 Å². The normalized spacial score (nSPS) is 10.8. The maximum atomic E-state index is 12.3. The third-order valence-electron chi connectivity index (χ3n) is 3.43. The Balaban J connectivity index is 1.57. The lowest BCUT2D eigenvalue weighted by Crippen LogP contribution is -2.12. The van der Waals surface area contributed by atoms with Crippen LogP contribution in [0.25, 0.3) is 22.2 Å². The van der Waals surface area contributed by atoms with Gasteiger partial charge in [0.1, 0.15) is 0 Å². The number of anilines is 1. The Hall–Kier alpha value is -2.99. The van der Waals surface area contributed by atoms with Gasteiger partial charge in [0.2, 0.25) is 0 Å². The van der Waals surface area contributed by atoms with E-state index in [1.54, 1.807) is 17.4 Å². The van der Waals surface area contributed by atoms with Gasteiger partial charge in [0.25, 0.3) is 11.8 Å². The number of fused-ring (bicyclic) bond motifs is 1. The van der Waals surface area contributed by atoms with Crippen molar-refractivity contribution in [2.24, 2.45) is 0 Å². The van der Waals surface area contributed by atoms with Crippen molar-refractivity contribution in [3.63, 3.8) is 0 Å². The Morgan fingerprint density at radius 2 is 1.91 bits per heavy atom. The zero-order valence-corrected chi connectivity index (χ0v) is 12.7. The Labute approximate surface area is 135 Å². The number of hydrogen-bond donors (Lipinski definition) is 1. The Kier molecular flexibility index (Phi) is 3.36. The zero-order valence-electron chi connectivity index (χ0n) is 11.9. The molecule has 2 heterocycles. The summed E-state index contributed by atoms with van der Waals surface area (Å²) in [6.07, 6.45) is 0. The first-order valence-corrected chi connectivity index (χ1v) is 7.90. The predicted octanol–water partition coefficient (Wildman–Crippen LogP) is 4.20. The van der Waals surface area contributed by atoms with Crippen molar-refractivity contribution in [2.45, 2.75) is 0 Å². The molecule has 2 aromatic heterocycles. The average Bonchev–Trinajstić information content (AvgIpc) is 3.25. The van der Waals surface area contributed by atoms with Crippen molar-refractivity contribution >= 4 is 34.0 Å². The molecule has 1 N–H and O–H groups in total. The number of hydrogen-bond acceptors (Lipinski definition) is 5. The minimum Gasteiger partial charge on any atom is -0.403 e.